The summed E-state index contributed by atoms with van der Waals surface area (Å²) in [6, 6.07) is 42.5. The molecule has 0 spiro atoms. The normalized spacial score (nSPS) is 12.1. The fourth-order valence-corrected chi connectivity index (χ4v) is 13.3. The van der Waals surface area contributed by atoms with Crippen molar-refractivity contribution in [3.63, 3.8) is 0 Å². The number of hydrogen-bond donors (Lipinski definition) is 10. The van der Waals surface area contributed by atoms with Crippen LogP contribution in [-0.2, 0) is 67.2 Å². The van der Waals surface area contributed by atoms with Crippen LogP contribution in [0, 0.1) is 38.5 Å². The van der Waals surface area contributed by atoms with Crippen molar-refractivity contribution in [2.75, 3.05) is 96.2 Å². The van der Waals surface area contributed by atoms with Crippen LogP contribution in [0.15, 0.2) is 156 Å². The van der Waals surface area contributed by atoms with Gasteiger partial charge in [0.2, 0.25) is 29.5 Å². The number of amides is 5. The number of aliphatic hydroxyl groups is 1. The van der Waals surface area contributed by atoms with Crippen molar-refractivity contribution in [1.29, 1.82) is 0 Å². The van der Waals surface area contributed by atoms with Gasteiger partial charge in [-0.15, -0.1) is 0 Å². The van der Waals surface area contributed by atoms with Crippen molar-refractivity contribution in [1.82, 2.24) is 0 Å². The third-order valence-corrected chi connectivity index (χ3v) is 19.2. The topological polar surface area (TPSA) is 301 Å². The van der Waals surface area contributed by atoms with Crippen molar-refractivity contribution >= 4 is 176 Å². The molecule has 0 aliphatic carbocycles. The van der Waals surface area contributed by atoms with Gasteiger partial charge in [0.25, 0.3) is 0 Å². The molecule has 0 unspecified atom stereocenters. The summed E-state index contributed by atoms with van der Waals surface area (Å²) in [6.07, 6.45) is 7.30. The molecule has 8 aromatic carbocycles. The second-order valence-corrected chi connectivity index (χ2v) is 32.8. The number of nitrogens with two attached hydrogens (primary N) is 2. The van der Waals surface area contributed by atoms with Crippen LogP contribution in [0.5, 0.6) is 28.7 Å². The van der Waals surface area contributed by atoms with Gasteiger partial charge < -0.3 is 83.8 Å². The Bertz CT molecular complexity index is 4470. The molecule has 8 aromatic rings. The van der Waals surface area contributed by atoms with Crippen LogP contribution in [-0.4, -0.2) is 100 Å². The number of aryl methyl sites for hydroxylation is 3. The van der Waals surface area contributed by atoms with E-state index in [1.165, 1.54) is 43.9 Å². The van der Waals surface area contributed by atoms with E-state index >= 15 is 0 Å². The van der Waals surface area contributed by atoms with Crippen molar-refractivity contribution in [3.05, 3.63) is 208 Å². The number of benzene rings is 8. The number of unbranched alkanes of at least 4 members (excludes halogenated alkanes) is 1. The Balaban J connectivity index is 0.000000663. The van der Waals surface area contributed by atoms with Gasteiger partial charge in [-0.1, -0.05) is 130 Å². The van der Waals surface area contributed by atoms with Crippen LogP contribution in [0.1, 0.15) is 154 Å². The first-order valence-electron chi connectivity index (χ1n) is 37.5. The van der Waals surface area contributed by atoms with Crippen molar-refractivity contribution < 1.29 is 76.4 Å². The number of thiocarbonyl (C=S) groups is 1. The molecule has 118 heavy (non-hydrogen) atoms. The Morgan fingerprint density at radius 2 is 0.924 bits per heavy atom. The number of halogens is 4. The third-order valence-electron chi connectivity index (χ3n) is 16.5. The molecule has 5 amide bonds. The van der Waals surface area contributed by atoms with E-state index in [9.17, 15) is 24.0 Å². The summed E-state index contributed by atoms with van der Waals surface area (Å²) < 4.78 is 37.9. The molecular weight excluding hydrogens is 1790 g/mol. The zero-order chi connectivity index (χ0) is 85.5. The summed E-state index contributed by atoms with van der Waals surface area (Å²) in [6.45, 7) is 35.2. The van der Waals surface area contributed by atoms with Crippen molar-refractivity contribution in [3.8, 4) is 28.7 Å². The Hall–Kier alpha value is -7.75. The third kappa shape index (κ3) is 38.8. The zero-order valence-corrected chi connectivity index (χ0v) is 77.3. The largest absolute Gasteiger partial charge is 1.00 e. The SMILES string of the molecule is C.C.C1CO1.CC(=O)Nc1c(Br)cc(Br)c2c1CCO2.CC(=O)Nc1c(Br)ccc2c1CCO2.CC(=O)Nc1cccc2c1CCO2.CC(=S)Nc1c(Br)ccc2c1CCO2.Cc1cccc(N)c1.Cc1cccc(NC(=O)C(C)(C)C)c1.Cc1cccc(NC(=O)C(C)(C)C)c1CCO.Nc1cccc2c1CCO2.[B]=NS.[CH2-]CCC.[Li+]. The van der Waals surface area contributed by atoms with Gasteiger partial charge >= 0.3 is 43.6 Å². The number of aliphatic hydroxyl groups excluding tert-OH is 1. The van der Waals surface area contributed by atoms with E-state index in [0.29, 0.717) is 26.2 Å². The maximum absolute atomic E-state index is 11.9. The van der Waals surface area contributed by atoms with E-state index in [2.05, 4.69) is 139 Å². The van der Waals surface area contributed by atoms with E-state index in [1.54, 1.807) is 0 Å². The summed E-state index contributed by atoms with van der Waals surface area (Å²) in [4.78, 5) is 57.3. The molecular formula is C89H118BBr4LiN9O12S2. The number of nitrogens with one attached hydrogen (secondary N) is 6. The molecule has 0 aromatic heterocycles. The molecule has 6 aliphatic rings. The molecule has 11 N–H and O–H groups in total. The van der Waals surface area contributed by atoms with Crippen LogP contribution < -0.4 is 85.9 Å². The molecule has 635 valence electrons. The summed E-state index contributed by atoms with van der Waals surface area (Å²) in [5, 5.41) is 26.4. The summed E-state index contributed by atoms with van der Waals surface area (Å²) >= 11 is 22.0. The number of fused-ring (bicyclic) bond motifs is 5. The van der Waals surface area contributed by atoms with Crippen LogP contribution in [0.2, 0.25) is 0 Å². The van der Waals surface area contributed by atoms with Gasteiger partial charge in [-0.25, -0.2) is 0 Å². The zero-order valence-electron chi connectivity index (χ0n) is 69.2. The number of rotatable bonds is 9. The van der Waals surface area contributed by atoms with E-state index in [1.807, 2.05) is 203 Å². The number of ether oxygens (including phenoxy) is 6. The number of hydrogen-bond acceptors (Lipinski definition) is 17. The van der Waals surface area contributed by atoms with Crippen LogP contribution in [0.25, 0.3) is 0 Å². The fraction of sp³-hybridized carbons (Fsp3) is 0.382. The molecule has 1 fully saturated rings. The summed E-state index contributed by atoms with van der Waals surface area (Å²) in [5.74, 6) is 4.38. The average Bonchev–Trinajstić information content (AvgIpc) is 1.61. The molecule has 0 saturated carbocycles. The quantitative estimate of drug-likeness (QED) is 0.0160. The molecule has 29 heteroatoms. The molecule has 1 saturated heterocycles. The van der Waals surface area contributed by atoms with Crippen molar-refractivity contribution in [2.24, 2.45) is 15.1 Å². The number of epoxide rings is 1. The minimum absolute atomic E-state index is 0. The molecule has 6 aliphatic heterocycles. The van der Waals surface area contributed by atoms with Crippen LogP contribution >= 0.6 is 88.8 Å². The number of nitrogens with zero attached hydrogens (tertiary/aromatic N) is 1. The van der Waals surface area contributed by atoms with Gasteiger partial charge in [0.15, 0.2) is 0 Å². The first kappa shape index (κ1) is 108. The van der Waals surface area contributed by atoms with Crippen LogP contribution in [0.4, 0.5) is 45.5 Å². The fourth-order valence-electron chi connectivity index (χ4n) is 10.8. The number of carbonyl (C=O) groups excluding carboxylic acids is 5. The second kappa shape index (κ2) is 56.0. The van der Waals surface area contributed by atoms with Crippen molar-refractivity contribution in [2.45, 2.75) is 163 Å². The van der Waals surface area contributed by atoms with Gasteiger partial charge in [0.1, 0.15) is 28.7 Å². The molecule has 6 heterocycles. The average molecular weight is 1910 g/mol. The van der Waals surface area contributed by atoms with Gasteiger partial charge in [0.05, 0.1) is 72.8 Å². The Labute approximate surface area is 758 Å². The summed E-state index contributed by atoms with van der Waals surface area (Å²) in [5.41, 5.74) is 27.4. The van der Waals surface area contributed by atoms with Crippen LogP contribution in [0.3, 0.4) is 0 Å². The Morgan fingerprint density at radius 1 is 0.517 bits per heavy atom. The second-order valence-electron chi connectivity index (χ2n) is 28.5. The molecule has 0 bridgehead atoms. The Morgan fingerprint density at radius 3 is 1.36 bits per heavy atom. The van der Waals surface area contributed by atoms with Gasteiger partial charge in [-0.05, 0) is 205 Å². The molecule has 14 rings (SSSR count). The van der Waals surface area contributed by atoms with E-state index in [-0.39, 0.29) is 75.3 Å². The van der Waals surface area contributed by atoms with E-state index < -0.39 is 5.41 Å². The number of thiol groups is 1. The number of nitrogen functional groups attached to an aromatic ring is 2. The number of anilines is 8. The minimum atomic E-state index is -0.416. The summed E-state index contributed by atoms with van der Waals surface area (Å²) in [7, 11) is 4.34. The standard InChI is InChI=1S/C14H21NO2.C12H17NO.C10H9Br2NO2.C10H10BrNO2.C10H10BrNOS.C10H11NO2.C8H9NO.C7H9N.C4H9.C2H4O.2CH4.BHNS.Li/c1-10-6-5-7-12(11(10)8-9-16)15-13(17)14(2,3)4;1-9-6-5-7-10(8-9)13-11(14)12(2,3)4;1-5(14)13-9-6-2-3-15-10(6)8(12)4-7(9)11;1-6(13)12-10-7-4-5-14-9(7)3-2-8(10)11;1-6(14)12-10-7-4-5-13-9(7)3-2-8(10)11;1-7(12)11-9-3-2-4-10-8(9)5-6-13-10;9-7-2-1-3-8-6(7)4-5-10-8;1-6-3-2-4-7(8)5-6;1-3-4-2;1-2-3-1;;;1-2-3;/h5-7,16H,8-9H2,1-4H3,(H,15,17);5-8H,1-4H3,(H,13,14);4H,2-3H2,1H3,(H,13,14);2-3H,4-5H2,1H3,(H,12,13);2-3H,4-5H2,1H3,(H,12,14);2-4H,5-6H2,1H3,(H,11,12);1-3H,4-5,9H2;2-5H,8H2,1H3;1,3-4H2,2H3;1-2H2;2*1H4;3H;/q;;;;;;;;-1;;;;;+1. The maximum atomic E-state index is 11.9. The monoisotopic (exact) mass is 1900 g/mol. The molecule has 21 nitrogen and oxygen atoms in total. The predicted octanol–water partition coefficient (Wildman–Crippen LogP) is 18.5. The first-order chi connectivity index (χ1) is 54.5. The smallest absolute Gasteiger partial charge is 0.343 e. The predicted molar refractivity (Wildman–Crippen MR) is 505 cm³/mol. The van der Waals surface area contributed by atoms with Gasteiger partial charge in [-0.2, -0.15) is 6.42 Å². The Kier molecular flexibility index (Phi) is 51.3. The maximum Gasteiger partial charge on any atom is 1.00 e. The minimum Gasteiger partial charge on any atom is -0.343 e. The van der Waals surface area contributed by atoms with Gasteiger partial charge in [0, 0.05) is 140 Å². The molecule has 0 atom stereocenters. The number of carbonyl (C=O) groups is 5. The van der Waals surface area contributed by atoms with E-state index in [4.69, 9.17) is 52.5 Å². The molecule has 1 radical (unpaired) electrons. The van der Waals surface area contributed by atoms with E-state index in [0.717, 1.165) is 195 Å². The van der Waals surface area contributed by atoms with Gasteiger partial charge in [-0.3, -0.25) is 24.0 Å². The first-order valence-corrected chi connectivity index (χ1v) is 41.5.